The second kappa shape index (κ2) is 5.77. The monoisotopic (exact) mass is 291 g/mol. The summed E-state index contributed by atoms with van der Waals surface area (Å²) in [5.74, 6) is -1.18. The molecule has 0 saturated carbocycles. The molecule has 108 valence electrons. The first-order valence-corrected chi connectivity index (χ1v) is 6.83. The van der Waals surface area contributed by atoms with Gasteiger partial charge in [-0.2, -0.15) is 0 Å². The highest BCUT2D eigenvalue weighted by Crippen LogP contribution is 2.18. The van der Waals surface area contributed by atoms with Crippen molar-refractivity contribution in [2.75, 3.05) is 0 Å². The van der Waals surface area contributed by atoms with Crippen molar-refractivity contribution in [3.8, 4) is 0 Å². The van der Waals surface area contributed by atoms with Crippen molar-refractivity contribution >= 4 is 23.7 Å². The molecule has 22 heavy (non-hydrogen) atoms. The third-order valence-corrected chi connectivity index (χ3v) is 3.31. The van der Waals surface area contributed by atoms with E-state index in [1.54, 1.807) is 18.2 Å². The fourth-order valence-electron chi connectivity index (χ4n) is 2.16. The summed E-state index contributed by atoms with van der Waals surface area (Å²) in [6, 6.07) is 16.4. The molecule has 0 saturated heterocycles. The number of cyclic esters (lactones) is 1. The summed E-state index contributed by atoms with van der Waals surface area (Å²) in [6.07, 6.45) is 1.60. The number of carbonyl (C=O) groups is 2. The predicted octanol–water partition coefficient (Wildman–Crippen LogP) is 3.17. The number of ether oxygens (including phenoxy) is 1. The Morgan fingerprint density at radius 2 is 1.73 bits per heavy atom. The van der Waals surface area contributed by atoms with Crippen LogP contribution in [0.1, 0.15) is 21.5 Å². The fraction of sp³-hybridized carbons (Fsp3) is 0.0556. The van der Waals surface area contributed by atoms with Gasteiger partial charge in [-0.3, -0.25) is 4.79 Å². The van der Waals surface area contributed by atoms with Crippen molar-refractivity contribution in [3.63, 3.8) is 0 Å². The van der Waals surface area contributed by atoms with Crippen LogP contribution in [0.2, 0.25) is 0 Å². The van der Waals surface area contributed by atoms with Gasteiger partial charge in [-0.25, -0.2) is 9.79 Å². The summed E-state index contributed by atoms with van der Waals surface area (Å²) in [5, 5.41) is 0. The SMILES string of the molecule is Cc1ccccc1C(=O)C1=NC(=Cc2ccccc2)C(=O)O1. The van der Waals surface area contributed by atoms with E-state index in [0.717, 1.165) is 11.1 Å². The first kappa shape index (κ1) is 13.9. The minimum absolute atomic E-state index is 0.128. The first-order chi connectivity index (χ1) is 10.6. The average Bonchev–Trinajstić information content (AvgIpc) is 2.89. The van der Waals surface area contributed by atoms with E-state index in [1.807, 2.05) is 49.4 Å². The number of hydrogen-bond donors (Lipinski definition) is 0. The molecule has 0 atom stereocenters. The van der Waals surface area contributed by atoms with Crippen LogP contribution in [0.25, 0.3) is 6.08 Å². The molecule has 1 aliphatic heterocycles. The Hall–Kier alpha value is -3.01. The summed E-state index contributed by atoms with van der Waals surface area (Å²) in [6.45, 7) is 1.82. The minimum Gasteiger partial charge on any atom is -0.398 e. The van der Waals surface area contributed by atoms with E-state index in [1.165, 1.54) is 0 Å². The number of ketones is 1. The van der Waals surface area contributed by atoms with Crippen molar-refractivity contribution < 1.29 is 14.3 Å². The van der Waals surface area contributed by atoms with Gasteiger partial charge in [-0.15, -0.1) is 0 Å². The van der Waals surface area contributed by atoms with E-state index in [0.29, 0.717) is 5.56 Å². The summed E-state index contributed by atoms with van der Waals surface area (Å²) in [4.78, 5) is 28.3. The van der Waals surface area contributed by atoms with Gasteiger partial charge in [-0.1, -0.05) is 54.6 Å². The normalized spacial score (nSPS) is 15.6. The van der Waals surface area contributed by atoms with Crippen LogP contribution >= 0.6 is 0 Å². The molecule has 4 nitrogen and oxygen atoms in total. The first-order valence-electron chi connectivity index (χ1n) is 6.83. The molecule has 0 bridgehead atoms. The molecule has 2 aromatic rings. The van der Waals surface area contributed by atoms with E-state index in [2.05, 4.69) is 4.99 Å². The molecule has 4 heteroatoms. The van der Waals surface area contributed by atoms with Crippen LogP contribution in [0.4, 0.5) is 0 Å². The Morgan fingerprint density at radius 3 is 2.45 bits per heavy atom. The van der Waals surface area contributed by atoms with Crippen molar-refractivity contribution in [2.24, 2.45) is 4.99 Å². The van der Waals surface area contributed by atoms with Gasteiger partial charge in [0.05, 0.1) is 0 Å². The third kappa shape index (κ3) is 2.72. The van der Waals surface area contributed by atoms with Crippen molar-refractivity contribution in [1.29, 1.82) is 0 Å². The lowest BCUT2D eigenvalue weighted by Gasteiger charge is -2.02. The molecule has 0 aromatic heterocycles. The second-order valence-electron chi connectivity index (χ2n) is 4.89. The largest absolute Gasteiger partial charge is 0.398 e. The van der Waals surface area contributed by atoms with E-state index in [4.69, 9.17) is 4.74 Å². The quantitative estimate of drug-likeness (QED) is 0.496. The molecule has 0 aliphatic carbocycles. The van der Waals surface area contributed by atoms with Crippen LogP contribution in [0, 0.1) is 6.92 Å². The lowest BCUT2D eigenvalue weighted by atomic mass is 10.1. The zero-order valence-corrected chi connectivity index (χ0v) is 11.9. The molecule has 3 rings (SSSR count). The van der Waals surface area contributed by atoms with Crippen molar-refractivity contribution in [2.45, 2.75) is 6.92 Å². The van der Waals surface area contributed by atoms with E-state index in [-0.39, 0.29) is 17.4 Å². The zero-order chi connectivity index (χ0) is 15.5. The van der Waals surface area contributed by atoms with E-state index >= 15 is 0 Å². The van der Waals surface area contributed by atoms with Crippen molar-refractivity contribution in [3.05, 3.63) is 77.0 Å². The molecular weight excluding hydrogens is 278 g/mol. The fourth-order valence-corrected chi connectivity index (χ4v) is 2.16. The Morgan fingerprint density at radius 1 is 1.05 bits per heavy atom. The summed E-state index contributed by atoms with van der Waals surface area (Å²) < 4.78 is 5.01. The second-order valence-corrected chi connectivity index (χ2v) is 4.89. The molecule has 1 heterocycles. The Balaban J connectivity index is 1.92. The molecule has 0 unspecified atom stereocenters. The molecule has 2 aromatic carbocycles. The van der Waals surface area contributed by atoms with Gasteiger partial charge in [0.15, 0.2) is 5.70 Å². The maximum absolute atomic E-state index is 12.4. The molecule has 0 radical (unpaired) electrons. The smallest absolute Gasteiger partial charge is 0.363 e. The van der Waals surface area contributed by atoms with Crippen LogP contribution in [0.5, 0.6) is 0 Å². The van der Waals surface area contributed by atoms with Crippen LogP contribution in [0.15, 0.2) is 65.3 Å². The van der Waals surface area contributed by atoms with Crippen LogP contribution < -0.4 is 0 Å². The van der Waals surface area contributed by atoms with Gasteiger partial charge < -0.3 is 4.74 Å². The molecule has 0 N–H and O–H groups in total. The molecule has 0 fully saturated rings. The van der Waals surface area contributed by atoms with Crippen LogP contribution in [-0.4, -0.2) is 17.7 Å². The van der Waals surface area contributed by atoms with Gasteiger partial charge in [0.2, 0.25) is 5.78 Å². The average molecular weight is 291 g/mol. The molecular formula is C18H13NO3. The Labute approximate surface area is 127 Å². The number of esters is 1. The number of benzene rings is 2. The summed E-state index contributed by atoms with van der Waals surface area (Å²) >= 11 is 0. The summed E-state index contributed by atoms with van der Waals surface area (Å²) in [7, 11) is 0. The predicted molar refractivity (Wildman–Crippen MR) is 83.5 cm³/mol. The van der Waals surface area contributed by atoms with Gasteiger partial charge in [-0.05, 0) is 24.1 Å². The lowest BCUT2D eigenvalue weighted by molar-refractivity contribution is -0.129. The van der Waals surface area contributed by atoms with E-state index in [9.17, 15) is 9.59 Å². The zero-order valence-electron chi connectivity index (χ0n) is 11.9. The molecule has 1 aliphatic rings. The number of nitrogens with zero attached hydrogens (tertiary/aromatic N) is 1. The minimum atomic E-state index is -0.610. The number of rotatable bonds is 3. The van der Waals surface area contributed by atoms with Gasteiger partial charge in [0.25, 0.3) is 5.90 Å². The maximum Gasteiger partial charge on any atom is 0.363 e. The molecule has 0 amide bonds. The number of carbonyl (C=O) groups excluding carboxylic acids is 2. The number of Topliss-reactive ketones (excluding diaryl/α,β-unsaturated/α-hetero) is 1. The molecule has 0 spiro atoms. The lowest BCUT2D eigenvalue weighted by Crippen LogP contribution is -2.17. The van der Waals surface area contributed by atoms with Gasteiger partial charge >= 0.3 is 5.97 Å². The van der Waals surface area contributed by atoms with Crippen molar-refractivity contribution in [1.82, 2.24) is 0 Å². The highest BCUT2D eigenvalue weighted by atomic mass is 16.6. The standard InChI is InChI=1S/C18H13NO3/c1-12-7-5-6-10-14(12)16(20)17-19-15(18(21)22-17)11-13-8-3-2-4-9-13/h2-11H,1H3. The van der Waals surface area contributed by atoms with Crippen LogP contribution in [-0.2, 0) is 9.53 Å². The Bertz CT molecular complexity index is 804. The number of aliphatic imine (C=N–C) groups is 1. The maximum atomic E-state index is 12.4. The van der Waals surface area contributed by atoms with E-state index < -0.39 is 5.97 Å². The number of aryl methyl sites for hydroxylation is 1. The third-order valence-electron chi connectivity index (χ3n) is 3.31. The highest BCUT2D eigenvalue weighted by molar-refractivity contribution is 6.46. The van der Waals surface area contributed by atoms with Gasteiger partial charge in [0.1, 0.15) is 0 Å². The van der Waals surface area contributed by atoms with Crippen LogP contribution in [0.3, 0.4) is 0 Å². The highest BCUT2D eigenvalue weighted by Gasteiger charge is 2.29. The summed E-state index contributed by atoms with van der Waals surface area (Å²) in [5.41, 5.74) is 2.24. The topological polar surface area (TPSA) is 55.7 Å². The van der Waals surface area contributed by atoms with Gasteiger partial charge in [0, 0.05) is 5.56 Å². The number of hydrogen-bond acceptors (Lipinski definition) is 4. The Kier molecular flexibility index (Phi) is 3.66.